The molecule has 0 atom stereocenters. The van der Waals surface area contributed by atoms with E-state index in [0.717, 1.165) is 8.95 Å². The van der Waals surface area contributed by atoms with Crippen LogP contribution in [-0.4, -0.2) is 10.3 Å². The lowest BCUT2D eigenvalue weighted by Gasteiger charge is -2.05. The second-order valence-corrected chi connectivity index (χ2v) is 5.82. The molecule has 0 amide bonds. The van der Waals surface area contributed by atoms with Gasteiger partial charge in [0.15, 0.2) is 0 Å². The van der Waals surface area contributed by atoms with E-state index in [-0.39, 0.29) is 0 Å². The maximum atomic E-state index is 8.36. The molecule has 0 saturated carbocycles. The molecule has 0 bridgehead atoms. The van der Waals surface area contributed by atoms with Crippen molar-refractivity contribution in [2.45, 2.75) is 13.2 Å². The van der Waals surface area contributed by atoms with Gasteiger partial charge in [-0.15, -0.1) is 10.1 Å². The van der Waals surface area contributed by atoms with Crippen molar-refractivity contribution in [3.05, 3.63) is 78.7 Å². The summed E-state index contributed by atoms with van der Waals surface area (Å²) in [7, 11) is 0. The highest BCUT2D eigenvalue weighted by atomic mass is 79.9. The van der Waals surface area contributed by atoms with Gasteiger partial charge in [0.1, 0.15) is 0 Å². The molecule has 2 aromatic carbocycles. The van der Waals surface area contributed by atoms with Crippen LogP contribution in [0.2, 0.25) is 0 Å². The van der Waals surface area contributed by atoms with E-state index in [2.05, 4.69) is 56.1 Å². The second kappa shape index (κ2) is 9.49. The SMILES string of the molecule is Brc1cccc(COCc2cccc(Br)c2)c1.O=[N+]([O-])O. The molecule has 0 heterocycles. The van der Waals surface area contributed by atoms with Crippen LogP contribution in [0.4, 0.5) is 0 Å². The van der Waals surface area contributed by atoms with Gasteiger partial charge in [0.2, 0.25) is 0 Å². The maximum Gasteiger partial charge on any atom is 0.291 e. The van der Waals surface area contributed by atoms with Crippen LogP contribution in [0.15, 0.2) is 57.5 Å². The molecule has 0 fully saturated rings. The molecule has 0 saturated heterocycles. The molecule has 5 nitrogen and oxygen atoms in total. The number of rotatable bonds is 4. The van der Waals surface area contributed by atoms with E-state index in [9.17, 15) is 0 Å². The van der Waals surface area contributed by atoms with Crippen molar-refractivity contribution in [3.63, 3.8) is 0 Å². The molecule has 0 aliphatic rings. The number of ether oxygens (including phenoxy) is 1. The molecule has 0 aliphatic carbocycles. The fourth-order valence-electron chi connectivity index (χ4n) is 1.54. The minimum atomic E-state index is -1.50. The highest BCUT2D eigenvalue weighted by molar-refractivity contribution is 9.10. The summed E-state index contributed by atoms with van der Waals surface area (Å²) in [5, 5.41) is 13.6. The van der Waals surface area contributed by atoms with Crippen LogP contribution in [0.3, 0.4) is 0 Å². The smallest absolute Gasteiger partial charge is 0.291 e. The van der Waals surface area contributed by atoms with Crippen molar-refractivity contribution < 1.29 is 15.0 Å². The minimum Gasteiger partial charge on any atom is -0.372 e. The van der Waals surface area contributed by atoms with Crippen molar-refractivity contribution in [2.24, 2.45) is 0 Å². The molecule has 0 aliphatic heterocycles. The zero-order valence-corrected chi connectivity index (χ0v) is 14.1. The Labute approximate surface area is 138 Å². The first kappa shape index (κ1) is 17.6. The fraction of sp³-hybridized carbons (Fsp3) is 0.143. The molecule has 1 N–H and O–H groups in total. The lowest BCUT2D eigenvalue weighted by atomic mass is 10.2. The Balaban J connectivity index is 0.000000491. The summed E-state index contributed by atoms with van der Waals surface area (Å²) in [6.45, 7) is 1.26. The number of hydrogen-bond donors (Lipinski definition) is 1. The van der Waals surface area contributed by atoms with E-state index < -0.39 is 5.09 Å². The molecule has 0 radical (unpaired) electrons. The topological polar surface area (TPSA) is 72.6 Å². The highest BCUT2D eigenvalue weighted by Crippen LogP contribution is 2.15. The molecular formula is C14H13Br2NO4. The summed E-state index contributed by atoms with van der Waals surface area (Å²) >= 11 is 6.89. The van der Waals surface area contributed by atoms with Gasteiger partial charge in [-0.05, 0) is 35.4 Å². The van der Waals surface area contributed by atoms with Gasteiger partial charge in [0.25, 0.3) is 5.09 Å². The number of nitrogens with zero attached hydrogens (tertiary/aromatic N) is 1. The van der Waals surface area contributed by atoms with Crippen LogP contribution in [0, 0.1) is 10.1 Å². The van der Waals surface area contributed by atoms with E-state index in [1.165, 1.54) is 11.1 Å². The zero-order valence-electron chi connectivity index (χ0n) is 10.9. The third kappa shape index (κ3) is 8.44. The second-order valence-electron chi connectivity index (χ2n) is 3.99. The molecular weight excluding hydrogens is 406 g/mol. The fourth-order valence-corrected chi connectivity index (χ4v) is 2.43. The first-order valence-corrected chi connectivity index (χ1v) is 7.46. The predicted octanol–water partition coefficient (Wildman–Crippen LogP) is 4.58. The summed E-state index contributed by atoms with van der Waals surface area (Å²) in [6, 6.07) is 16.3. The van der Waals surface area contributed by atoms with Crippen LogP contribution in [-0.2, 0) is 18.0 Å². The van der Waals surface area contributed by atoms with Crippen molar-refractivity contribution in [1.82, 2.24) is 0 Å². The normalized spacial score (nSPS) is 9.62. The summed E-state index contributed by atoms with van der Waals surface area (Å²) in [5.74, 6) is 0. The Kier molecular flexibility index (Phi) is 7.96. The molecule has 0 unspecified atom stereocenters. The van der Waals surface area contributed by atoms with E-state index >= 15 is 0 Å². The first-order valence-electron chi connectivity index (χ1n) is 5.87. The third-order valence-electron chi connectivity index (χ3n) is 2.32. The van der Waals surface area contributed by atoms with Crippen LogP contribution < -0.4 is 0 Å². The van der Waals surface area contributed by atoms with Crippen molar-refractivity contribution in [3.8, 4) is 0 Å². The molecule has 0 spiro atoms. The average molecular weight is 419 g/mol. The van der Waals surface area contributed by atoms with E-state index in [1.807, 2.05) is 24.3 Å². The van der Waals surface area contributed by atoms with Gasteiger partial charge in [-0.25, -0.2) is 0 Å². The molecule has 2 aromatic rings. The maximum absolute atomic E-state index is 8.36. The van der Waals surface area contributed by atoms with Gasteiger partial charge in [0.05, 0.1) is 13.2 Å². The van der Waals surface area contributed by atoms with Gasteiger partial charge in [-0.2, -0.15) is 0 Å². The Morgan fingerprint density at radius 3 is 1.71 bits per heavy atom. The first-order chi connectivity index (χ1) is 9.97. The monoisotopic (exact) mass is 417 g/mol. The van der Waals surface area contributed by atoms with Gasteiger partial charge in [0, 0.05) is 8.95 Å². The standard InChI is InChI=1S/C14H12Br2O.HNO3/c15-13-5-1-3-11(7-13)9-17-10-12-4-2-6-14(16)8-12;2-1(3)4/h1-8H,9-10H2;(H,2,3,4). The highest BCUT2D eigenvalue weighted by Gasteiger charge is 1.97. The lowest BCUT2D eigenvalue weighted by Crippen LogP contribution is -1.94. The Morgan fingerprint density at radius 2 is 1.38 bits per heavy atom. The number of halogens is 2. The quantitative estimate of drug-likeness (QED) is 0.582. The van der Waals surface area contributed by atoms with Gasteiger partial charge in [-0.3, -0.25) is 0 Å². The van der Waals surface area contributed by atoms with Crippen molar-refractivity contribution in [1.29, 1.82) is 0 Å². The van der Waals surface area contributed by atoms with Crippen LogP contribution in [0.5, 0.6) is 0 Å². The summed E-state index contributed by atoms with van der Waals surface area (Å²) in [5.41, 5.74) is 2.35. The molecule has 7 heteroatoms. The Bertz CT molecular complexity index is 543. The largest absolute Gasteiger partial charge is 0.372 e. The molecule has 112 valence electrons. The Morgan fingerprint density at radius 1 is 1.00 bits per heavy atom. The van der Waals surface area contributed by atoms with Gasteiger partial charge < -0.3 is 9.94 Å². The average Bonchev–Trinajstić information content (AvgIpc) is 2.38. The number of benzene rings is 2. The summed E-state index contributed by atoms with van der Waals surface area (Å²) in [6.07, 6.45) is 0. The van der Waals surface area contributed by atoms with Crippen LogP contribution in [0.1, 0.15) is 11.1 Å². The van der Waals surface area contributed by atoms with Crippen molar-refractivity contribution in [2.75, 3.05) is 0 Å². The summed E-state index contributed by atoms with van der Waals surface area (Å²) < 4.78 is 7.84. The van der Waals surface area contributed by atoms with E-state index in [4.69, 9.17) is 20.1 Å². The molecule has 2 rings (SSSR count). The van der Waals surface area contributed by atoms with Crippen molar-refractivity contribution >= 4 is 31.9 Å². The lowest BCUT2D eigenvalue weighted by molar-refractivity contribution is -0.742. The third-order valence-corrected chi connectivity index (χ3v) is 3.30. The van der Waals surface area contributed by atoms with E-state index in [1.54, 1.807) is 0 Å². The predicted molar refractivity (Wildman–Crippen MR) is 85.6 cm³/mol. The Hall–Kier alpha value is -1.44. The summed E-state index contributed by atoms with van der Waals surface area (Å²) in [4.78, 5) is 8.36. The zero-order chi connectivity index (χ0) is 15.7. The van der Waals surface area contributed by atoms with Gasteiger partial charge in [-0.1, -0.05) is 56.1 Å². The minimum absolute atomic E-state index is 0.631. The van der Waals surface area contributed by atoms with Crippen LogP contribution in [0.25, 0.3) is 0 Å². The van der Waals surface area contributed by atoms with E-state index in [0.29, 0.717) is 13.2 Å². The molecule has 0 aromatic heterocycles. The van der Waals surface area contributed by atoms with Crippen LogP contribution >= 0.6 is 31.9 Å². The van der Waals surface area contributed by atoms with Gasteiger partial charge >= 0.3 is 0 Å². The number of hydrogen-bond acceptors (Lipinski definition) is 3. The molecule has 21 heavy (non-hydrogen) atoms.